The lowest BCUT2D eigenvalue weighted by atomic mass is 10.0. The van der Waals surface area contributed by atoms with Crippen LogP contribution in [0.25, 0.3) is 10.8 Å². The van der Waals surface area contributed by atoms with Crippen molar-refractivity contribution in [1.82, 2.24) is 0 Å². The van der Waals surface area contributed by atoms with Crippen molar-refractivity contribution in [2.45, 2.75) is 25.9 Å². The molecule has 1 aliphatic carbocycles. The van der Waals surface area contributed by atoms with Crippen LogP contribution in [0.3, 0.4) is 0 Å². The molecule has 1 aliphatic rings. The molecule has 23 heavy (non-hydrogen) atoms. The molecule has 0 aliphatic heterocycles. The smallest absolute Gasteiger partial charge is 0.120 e. The molecule has 1 nitrogen and oxygen atoms in total. The Hall–Kier alpha value is -1.80. The van der Waals surface area contributed by atoms with Crippen molar-refractivity contribution in [1.29, 1.82) is 0 Å². The Bertz CT molecular complexity index is 841. The fourth-order valence-corrected chi connectivity index (χ4v) is 3.92. The molecule has 1 saturated carbocycles. The monoisotopic (exact) mass is 366 g/mol. The van der Waals surface area contributed by atoms with Gasteiger partial charge in [-0.25, -0.2) is 0 Å². The van der Waals surface area contributed by atoms with Gasteiger partial charge in [-0.05, 0) is 68.2 Å². The first-order chi connectivity index (χ1) is 11.2. The van der Waals surface area contributed by atoms with E-state index in [1.54, 1.807) is 0 Å². The van der Waals surface area contributed by atoms with Crippen molar-refractivity contribution in [3.8, 4) is 5.75 Å². The highest BCUT2D eigenvalue weighted by molar-refractivity contribution is 9.10. The third-order valence-electron chi connectivity index (χ3n) is 4.71. The van der Waals surface area contributed by atoms with Gasteiger partial charge in [0.2, 0.25) is 0 Å². The molecule has 3 aromatic carbocycles. The van der Waals surface area contributed by atoms with Gasteiger partial charge in [-0.15, -0.1) is 0 Å². The average molecular weight is 367 g/mol. The standard InChI is InChI=1S/C21H19BrO/c1-14-11-19(14)18-10-8-16-7-9-17(12-20(16)21(18)22)23-13-15-5-3-2-4-6-15/h2-10,12,14,19H,11,13H2,1H3/t14?,19-/m0/s1. The minimum atomic E-state index is 0.601. The molecule has 0 bridgehead atoms. The van der Waals surface area contributed by atoms with Crippen LogP contribution in [-0.4, -0.2) is 0 Å². The Labute approximate surface area is 145 Å². The summed E-state index contributed by atoms with van der Waals surface area (Å²) in [6.07, 6.45) is 1.30. The molecule has 1 fully saturated rings. The van der Waals surface area contributed by atoms with Crippen LogP contribution < -0.4 is 4.74 Å². The van der Waals surface area contributed by atoms with E-state index in [4.69, 9.17) is 4.74 Å². The summed E-state index contributed by atoms with van der Waals surface area (Å²) in [6, 6.07) is 21.1. The number of halogens is 1. The van der Waals surface area contributed by atoms with Gasteiger partial charge in [0, 0.05) is 4.47 Å². The highest BCUT2D eigenvalue weighted by atomic mass is 79.9. The van der Waals surface area contributed by atoms with Crippen LogP contribution in [0.15, 0.2) is 65.1 Å². The predicted molar refractivity (Wildman–Crippen MR) is 98.9 cm³/mol. The molecule has 0 radical (unpaired) electrons. The first kappa shape index (κ1) is 14.8. The molecule has 0 N–H and O–H groups in total. The largest absolute Gasteiger partial charge is 0.489 e. The lowest BCUT2D eigenvalue weighted by Crippen LogP contribution is -1.95. The SMILES string of the molecule is CC1C[C@@H]1c1ccc2ccc(OCc3ccccc3)cc2c1Br. The molecule has 0 aromatic heterocycles. The lowest BCUT2D eigenvalue weighted by molar-refractivity contribution is 0.306. The fourth-order valence-electron chi connectivity index (χ4n) is 3.15. The molecule has 116 valence electrons. The van der Waals surface area contributed by atoms with Crippen LogP contribution in [0, 0.1) is 5.92 Å². The van der Waals surface area contributed by atoms with Crippen LogP contribution in [0.1, 0.15) is 30.4 Å². The topological polar surface area (TPSA) is 9.23 Å². The molecule has 2 heteroatoms. The van der Waals surface area contributed by atoms with Gasteiger partial charge in [-0.3, -0.25) is 0 Å². The van der Waals surface area contributed by atoms with Crippen LogP contribution in [-0.2, 0) is 6.61 Å². The maximum Gasteiger partial charge on any atom is 0.120 e. The Balaban J connectivity index is 1.62. The second-order valence-electron chi connectivity index (χ2n) is 6.45. The van der Waals surface area contributed by atoms with Gasteiger partial charge in [0.25, 0.3) is 0 Å². The number of fused-ring (bicyclic) bond motifs is 1. The summed E-state index contributed by atoms with van der Waals surface area (Å²) >= 11 is 3.82. The first-order valence-electron chi connectivity index (χ1n) is 8.11. The van der Waals surface area contributed by atoms with Gasteiger partial charge in [0.05, 0.1) is 0 Å². The molecule has 0 saturated heterocycles. The summed E-state index contributed by atoms with van der Waals surface area (Å²) in [5.74, 6) is 2.44. The fraction of sp³-hybridized carbons (Fsp3) is 0.238. The number of hydrogen-bond donors (Lipinski definition) is 0. The van der Waals surface area contributed by atoms with E-state index in [-0.39, 0.29) is 0 Å². The van der Waals surface area contributed by atoms with E-state index in [0.29, 0.717) is 12.5 Å². The van der Waals surface area contributed by atoms with E-state index in [0.717, 1.165) is 11.7 Å². The third-order valence-corrected chi connectivity index (χ3v) is 5.60. The van der Waals surface area contributed by atoms with Crippen LogP contribution in [0.5, 0.6) is 5.75 Å². The Kier molecular flexibility index (Phi) is 3.86. The predicted octanol–water partition coefficient (Wildman–Crippen LogP) is 6.30. The van der Waals surface area contributed by atoms with E-state index >= 15 is 0 Å². The maximum atomic E-state index is 5.97. The summed E-state index contributed by atoms with van der Waals surface area (Å²) < 4.78 is 7.20. The van der Waals surface area contributed by atoms with Crippen molar-refractivity contribution in [3.05, 3.63) is 76.3 Å². The molecule has 2 atom stereocenters. The van der Waals surface area contributed by atoms with Gasteiger partial charge >= 0.3 is 0 Å². The Morgan fingerprint density at radius 1 is 1.04 bits per heavy atom. The van der Waals surface area contributed by atoms with Crippen molar-refractivity contribution < 1.29 is 4.74 Å². The van der Waals surface area contributed by atoms with Crippen molar-refractivity contribution in [3.63, 3.8) is 0 Å². The number of rotatable bonds is 4. The highest BCUT2D eigenvalue weighted by Gasteiger charge is 2.35. The number of benzene rings is 3. The van der Waals surface area contributed by atoms with Gasteiger partial charge < -0.3 is 4.74 Å². The van der Waals surface area contributed by atoms with E-state index in [2.05, 4.69) is 65.3 Å². The molecule has 0 amide bonds. The second-order valence-corrected chi connectivity index (χ2v) is 7.24. The molecule has 0 heterocycles. The minimum absolute atomic E-state index is 0.601. The average Bonchev–Trinajstić information content (AvgIpc) is 3.31. The molecule has 3 aromatic rings. The van der Waals surface area contributed by atoms with Crippen LogP contribution >= 0.6 is 15.9 Å². The Morgan fingerprint density at radius 2 is 1.78 bits per heavy atom. The lowest BCUT2D eigenvalue weighted by Gasteiger charge is -2.11. The summed E-state index contributed by atoms with van der Waals surface area (Å²) in [6.45, 7) is 2.92. The Morgan fingerprint density at radius 3 is 2.52 bits per heavy atom. The molecule has 1 unspecified atom stereocenters. The van der Waals surface area contributed by atoms with E-state index < -0.39 is 0 Å². The zero-order valence-corrected chi connectivity index (χ0v) is 14.7. The van der Waals surface area contributed by atoms with E-state index in [9.17, 15) is 0 Å². The number of hydrogen-bond acceptors (Lipinski definition) is 1. The minimum Gasteiger partial charge on any atom is -0.489 e. The van der Waals surface area contributed by atoms with Crippen molar-refractivity contribution in [2.24, 2.45) is 5.92 Å². The first-order valence-corrected chi connectivity index (χ1v) is 8.90. The third kappa shape index (κ3) is 3.00. The molecular weight excluding hydrogens is 348 g/mol. The quantitative estimate of drug-likeness (QED) is 0.525. The summed E-state index contributed by atoms with van der Waals surface area (Å²) in [5, 5.41) is 2.49. The zero-order chi connectivity index (χ0) is 15.8. The maximum absolute atomic E-state index is 5.97. The van der Waals surface area contributed by atoms with Gasteiger partial charge in [0.15, 0.2) is 0 Å². The second kappa shape index (κ2) is 6.01. The molecule has 0 spiro atoms. The van der Waals surface area contributed by atoms with Gasteiger partial charge in [-0.1, -0.05) is 55.5 Å². The van der Waals surface area contributed by atoms with Gasteiger partial charge in [0.1, 0.15) is 12.4 Å². The van der Waals surface area contributed by atoms with Gasteiger partial charge in [-0.2, -0.15) is 0 Å². The van der Waals surface area contributed by atoms with E-state index in [1.165, 1.54) is 32.8 Å². The van der Waals surface area contributed by atoms with Crippen molar-refractivity contribution in [2.75, 3.05) is 0 Å². The van der Waals surface area contributed by atoms with Crippen molar-refractivity contribution >= 4 is 26.7 Å². The normalized spacial score (nSPS) is 19.7. The molecule has 4 rings (SSSR count). The highest BCUT2D eigenvalue weighted by Crippen LogP contribution is 2.50. The summed E-state index contributed by atoms with van der Waals surface area (Å²) in [7, 11) is 0. The zero-order valence-electron chi connectivity index (χ0n) is 13.1. The van der Waals surface area contributed by atoms with Crippen LogP contribution in [0.4, 0.5) is 0 Å². The summed E-state index contributed by atoms with van der Waals surface area (Å²) in [4.78, 5) is 0. The molecular formula is C21H19BrO. The number of ether oxygens (including phenoxy) is 1. The van der Waals surface area contributed by atoms with E-state index in [1.807, 2.05) is 18.2 Å². The van der Waals surface area contributed by atoms with Crippen LogP contribution in [0.2, 0.25) is 0 Å². The summed E-state index contributed by atoms with van der Waals surface area (Å²) in [5.41, 5.74) is 2.62.